The van der Waals surface area contributed by atoms with Crippen molar-refractivity contribution < 1.29 is 9.13 Å². The number of aryl methyl sites for hydroxylation is 1. The summed E-state index contributed by atoms with van der Waals surface area (Å²) < 4.78 is 20.0. The van der Waals surface area contributed by atoms with Crippen molar-refractivity contribution in [2.24, 2.45) is 0 Å². The number of nitriles is 1. The number of benzene rings is 3. The van der Waals surface area contributed by atoms with E-state index < -0.39 is 0 Å². The van der Waals surface area contributed by atoms with Crippen molar-refractivity contribution >= 4 is 34.2 Å². The highest BCUT2D eigenvalue weighted by atomic mass is 127. The second kappa shape index (κ2) is 8.83. The number of hydrogen-bond donors (Lipinski definition) is 0. The molecule has 0 unspecified atom stereocenters. The van der Waals surface area contributed by atoms with Crippen LogP contribution >= 0.6 is 22.6 Å². The number of rotatable bonds is 5. The van der Waals surface area contributed by atoms with Gasteiger partial charge >= 0.3 is 0 Å². The highest BCUT2D eigenvalue weighted by Gasteiger charge is 2.05. The SMILES string of the molecule is Cc1ccc(/C(C#N)=C\c2ccc(OCc3cccc(F)c3)c(I)c2)cc1. The Labute approximate surface area is 172 Å². The van der Waals surface area contributed by atoms with Crippen LogP contribution in [0.25, 0.3) is 11.6 Å². The van der Waals surface area contributed by atoms with Crippen molar-refractivity contribution in [3.8, 4) is 11.8 Å². The van der Waals surface area contributed by atoms with E-state index >= 15 is 0 Å². The summed E-state index contributed by atoms with van der Waals surface area (Å²) in [7, 11) is 0. The maximum atomic E-state index is 13.3. The Balaban J connectivity index is 1.77. The van der Waals surface area contributed by atoms with Gasteiger partial charge in [0.2, 0.25) is 0 Å². The van der Waals surface area contributed by atoms with Crippen LogP contribution in [-0.2, 0) is 6.61 Å². The normalized spacial score (nSPS) is 11.1. The molecule has 2 nitrogen and oxygen atoms in total. The molecule has 0 saturated carbocycles. The summed E-state index contributed by atoms with van der Waals surface area (Å²) in [6.07, 6.45) is 1.86. The molecular formula is C23H17FINO. The van der Waals surface area contributed by atoms with Crippen LogP contribution in [0.5, 0.6) is 5.75 Å². The maximum Gasteiger partial charge on any atom is 0.133 e. The molecule has 0 spiro atoms. The summed E-state index contributed by atoms with van der Waals surface area (Å²) in [5, 5.41) is 9.49. The minimum Gasteiger partial charge on any atom is -0.488 e. The smallest absolute Gasteiger partial charge is 0.133 e. The third kappa shape index (κ3) is 5.18. The van der Waals surface area contributed by atoms with Crippen LogP contribution in [0.1, 0.15) is 22.3 Å². The van der Waals surface area contributed by atoms with Gasteiger partial charge in [0, 0.05) is 0 Å². The van der Waals surface area contributed by atoms with E-state index in [0.717, 1.165) is 31.6 Å². The van der Waals surface area contributed by atoms with Crippen LogP contribution in [0.3, 0.4) is 0 Å². The first kappa shape index (κ1) is 19.1. The Morgan fingerprint density at radius 3 is 2.56 bits per heavy atom. The van der Waals surface area contributed by atoms with Gasteiger partial charge in [-0.15, -0.1) is 0 Å². The van der Waals surface area contributed by atoms with Crippen molar-refractivity contribution in [2.45, 2.75) is 13.5 Å². The zero-order chi connectivity index (χ0) is 19.2. The Morgan fingerprint density at radius 2 is 1.89 bits per heavy atom. The predicted molar refractivity (Wildman–Crippen MR) is 115 cm³/mol. The van der Waals surface area contributed by atoms with Crippen LogP contribution in [-0.4, -0.2) is 0 Å². The first-order valence-electron chi connectivity index (χ1n) is 8.41. The van der Waals surface area contributed by atoms with E-state index in [9.17, 15) is 9.65 Å². The lowest BCUT2D eigenvalue weighted by Gasteiger charge is -2.09. The Hall–Kier alpha value is -2.65. The first-order chi connectivity index (χ1) is 13.0. The molecule has 0 heterocycles. The molecule has 0 aromatic heterocycles. The largest absolute Gasteiger partial charge is 0.488 e. The van der Waals surface area contributed by atoms with Crippen molar-refractivity contribution in [3.63, 3.8) is 0 Å². The van der Waals surface area contributed by atoms with Crippen LogP contribution in [0.4, 0.5) is 4.39 Å². The lowest BCUT2D eigenvalue weighted by atomic mass is 10.0. The third-order valence-corrected chi connectivity index (χ3v) is 4.88. The highest BCUT2D eigenvalue weighted by molar-refractivity contribution is 14.1. The van der Waals surface area contributed by atoms with Gasteiger partial charge in [0.05, 0.1) is 15.2 Å². The predicted octanol–water partition coefficient (Wildman–Crippen LogP) is 6.38. The van der Waals surface area contributed by atoms with Crippen molar-refractivity contribution in [3.05, 3.63) is 98.4 Å². The monoisotopic (exact) mass is 469 g/mol. The molecule has 4 heteroatoms. The summed E-state index contributed by atoms with van der Waals surface area (Å²) in [5.41, 5.74) is 4.37. The summed E-state index contributed by atoms with van der Waals surface area (Å²) in [6.45, 7) is 2.32. The average molecular weight is 469 g/mol. The Kier molecular flexibility index (Phi) is 6.25. The van der Waals surface area contributed by atoms with Gasteiger partial charge in [-0.3, -0.25) is 0 Å². The molecule has 0 bridgehead atoms. The lowest BCUT2D eigenvalue weighted by Crippen LogP contribution is -1.97. The Morgan fingerprint density at radius 1 is 1.11 bits per heavy atom. The van der Waals surface area contributed by atoms with E-state index in [0.29, 0.717) is 12.2 Å². The Bertz CT molecular complexity index is 1020. The fourth-order valence-corrected chi connectivity index (χ4v) is 3.29. The van der Waals surface area contributed by atoms with E-state index in [2.05, 4.69) is 28.7 Å². The van der Waals surface area contributed by atoms with E-state index in [1.807, 2.05) is 61.5 Å². The molecule has 0 atom stereocenters. The molecule has 0 aliphatic heterocycles. The fraction of sp³-hybridized carbons (Fsp3) is 0.0870. The zero-order valence-electron chi connectivity index (χ0n) is 14.7. The summed E-state index contributed by atoms with van der Waals surface area (Å²) in [6, 6.07) is 22.3. The molecule has 3 rings (SSSR count). The molecular weight excluding hydrogens is 452 g/mol. The minimum absolute atomic E-state index is 0.272. The van der Waals surface area contributed by atoms with Crippen molar-refractivity contribution in [1.29, 1.82) is 5.26 Å². The zero-order valence-corrected chi connectivity index (χ0v) is 16.9. The summed E-state index contributed by atoms with van der Waals surface area (Å²) >= 11 is 2.20. The van der Waals surface area contributed by atoms with E-state index in [4.69, 9.17) is 4.74 Å². The molecule has 27 heavy (non-hydrogen) atoms. The quantitative estimate of drug-likeness (QED) is 0.247. The topological polar surface area (TPSA) is 33.0 Å². The van der Waals surface area contributed by atoms with Crippen LogP contribution in [0.15, 0.2) is 66.7 Å². The molecule has 0 N–H and O–H groups in total. The van der Waals surface area contributed by atoms with Gasteiger partial charge in [0.25, 0.3) is 0 Å². The maximum absolute atomic E-state index is 13.3. The van der Waals surface area contributed by atoms with Gasteiger partial charge in [-0.2, -0.15) is 5.26 Å². The molecule has 0 saturated heterocycles. The second-order valence-corrected chi connectivity index (χ2v) is 7.31. The number of ether oxygens (including phenoxy) is 1. The second-order valence-electron chi connectivity index (χ2n) is 6.14. The molecule has 134 valence electrons. The standard InChI is InChI=1S/C23H17FINO/c1-16-5-8-19(9-6-16)20(14-26)11-17-7-10-23(22(25)13-17)27-15-18-3-2-4-21(24)12-18/h2-13H,15H2,1H3/b20-11-. The van der Waals surface area contributed by atoms with Gasteiger partial charge < -0.3 is 4.74 Å². The first-order valence-corrected chi connectivity index (χ1v) is 9.48. The number of allylic oxidation sites excluding steroid dienone is 1. The van der Waals surface area contributed by atoms with Gasteiger partial charge in [0.15, 0.2) is 0 Å². The van der Waals surface area contributed by atoms with Crippen molar-refractivity contribution in [1.82, 2.24) is 0 Å². The molecule has 0 radical (unpaired) electrons. The average Bonchev–Trinajstić information content (AvgIpc) is 2.66. The van der Waals surface area contributed by atoms with Crippen LogP contribution < -0.4 is 4.74 Å². The number of nitrogens with zero attached hydrogens (tertiary/aromatic N) is 1. The fourth-order valence-electron chi connectivity index (χ4n) is 2.59. The summed E-state index contributed by atoms with van der Waals surface area (Å²) in [4.78, 5) is 0. The number of hydrogen-bond acceptors (Lipinski definition) is 2. The molecule has 0 aliphatic rings. The number of halogens is 2. The molecule has 3 aromatic rings. The van der Waals surface area contributed by atoms with Crippen molar-refractivity contribution in [2.75, 3.05) is 0 Å². The van der Waals surface area contributed by atoms with E-state index in [1.165, 1.54) is 12.1 Å². The van der Waals surface area contributed by atoms with E-state index in [1.54, 1.807) is 6.07 Å². The highest BCUT2D eigenvalue weighted by Crippen LogP contribution is 2.26. The third-order valence-electron chi connectivity index (χ3n) is 4.03. The summed E-state index contributed by atoms with van der Waals surface area (Å²) in [5.74, 6) is 0.456. The van der Waals surface area contributed by atoms with Gasteiger partial charge in [-0.25, -0.2) is 4.39 Å². The van der Waals surface area contributed by atoms with Gasteiger partial charge in [0.1, 0.15) is 18.2 Å². The van der Waals surface area contributed by atoms with Crippen LogP contribution in [0, 0.1) is 27.6 Å². The molecule has 0 amide bonds. The lowest BCUT2D eigenvalue weighted by molar-refractivity contribution is 0.303. The van der Waals surface area contributed by atoms with Crippen LogP contribution in [0.2, 0.25) is 0 Å². The minimum atomic E-state index is -0.272. The molecule has 0 fully saturated rings. The van der Waals surface area contributed by atoms with E-state index in [-0.39, 0.29) is 5.82 Å². The molecule has 0 aliphatic carbocycles. The van der Waals surface area contributed by atoms with Gasteiger partial charge in [-0.1, -0.05) is 48.0 Å². The van der Waals surface area contributed by atoms with Gasteiger partial charge in [-0.05, 0) is 76.5 Å². The molecule has 3 aromatic carbocycles.